The smallest absolute Gasteiger partial charge is 0.411 e. The fraction of sp³-hybridized carbons (Fsp3) is 0.588. The Kier molecular flexibility index (Phi) is 3.33. The van der Waals surface area contributed by atoms with Crippen molar-refractivity contribution in [1.29, 1.82) is 0 Å². The van der Waals surface area contributed by atoms with Gasteiger partial charge in [-0.15, -0.1) is 0 Å². The molecule has 4 rings (SSSR count). The van der Waals surface area contributed by atoms with Crippen molar-refractivity contribution in [2.75, 3.05) is 0 Å². The Hall–Kier alpha value is -1.82. The van der Waals surface area contributed by atoms with Gasteiger partial charge in [-0.05, 0) is 46.5 Å². The molecule has 2 aromatic heterocycles. The molecule has 0 unspecified atom stereocenters. The maximum absolute atomic E-state index is 12.9. The summed E-state index contributed by atoms with van der Waals surface area (Å²) in [4.78, 5) is 23.4. The Balaban J connectivity index is 1.73. The van der Waals surface area contributed by atoms with Crippen LogP contribution in [-0.2, 0) is 4.74 Å². The molecule has 2 fully saturated rings. The summed E-state index contributed by atoms with van der Waals surface area (Å²) in [6.45, 7) is 5.68. The highest BCUT2D eigenvalue weighted by atomic mass is 35.5. The second-order valence-corrected chi connectivity index (χ2v) is 8.08. The molecule has 1 amide bonds. The summed E-state index contributed by atoms with van der Waals surface area (Å²) in [7, 11) is 0. The van der Waals surface area contributed by atoms with Gasteiger partial charge >= 0.3 is 6.09 Å². The third-order valence-corrected chi connectivity index (χ3v) is 5.15. The minimum Gasteiger partial charge on any atom is -0.444 e. The van der Waals surface area contributed by atoms with Crippen molar-refractivity contribution in [3.63, 3.8) is 0 Å². The molecular formula is C17H21ClN4O2. The summed E-state index contributed by atoms with van der Waals surface area (Å²) in [5.41, 5.74) is 0.202. The first-order valence-electron chi connectivity index (χ1n) is 8.31. The molecule has 3 heterocycles. The number of carbonyl (C=O) groups is 1. The molecular weight excluding hydrogens is 328 g/mol. The molecule has 1 saturated heterocycles. The van der Waals surface area contributed by atoms with Crippen LogP contribution in [0.25, 0.3) is 5.52 Å². The fourth-order valence-electron chi connectivity index (χ4n) is 3.66. The number of ether oxygens (including phenoxy) is 1. The van der Waals surface area contributed by atoms with Gasteiger partial charge in [0.25, 0.3) is 0 Å². The zero-order chi connectivity index (χ0) is 17.1. The topological polar surface area (TPSA) is 59.7 Å². The lowest BCUT2D eigenvalue weighted by molar-refractivity contribution is 0.0108. The van der Waals surface area contributed by atoms with E-state index in [1.54, 1.807) is 12.4 Å². The van der Waals surface area contributed by atoms with Crippen molar-refractivity contribution in [3.8, 4) is 0 Å². The van der Waals surface area contributed by atoms with E-state index in [4.69, 9.17) is 16.3 Å². The van der Waals surface area contributed by atoms with E-state index in [1.807, 2.05) is 36.3 Å². The second kappa shape index (κ2) is 5.09. The van der Waals surface area contributed by atoms with Crippen LogP contribution < -0.4 is 0 Å². The number of nitrogens with zero attached hydrogens (tertiary/aromatic N) is 4. The first kappa shape index (κ1) is 15.7. The highest BCUT2D eigenvalue weighted by Crippen LogP contribution is 2.56. The van der Waals surface area contributed by atoms with Crippen LogP contribution in [0.5, 0.6) is 0 Å². The van der Waals surface area contributed by atoms with Crippen LogP contribution in [0.4, 0.5) is 4.79 Å². The first-order valence-corrected chi connectivity index (χ1v) is 8.68. The van der Waals surface area contributed by atoms with E-state index < -0.39 is 5.60 Å². The second-order valence-electron chi connectivity index (χ2n) is 7.72. The lowest BCUT2D eigenvalue weighted by Gasteiger charge is -2.32. The van der Waals surface area contributed by atoms with Gasteiger partial charge in [-0.25, -0.2) is 14.8 Å². The third kappa shape index (κ3) is 2.44. The average Bonchev–Trinajstić information content (AvgIpc) is 2.95. The molecule has 7 heteroatoms. The predicted molar refractivity (Wildman–Crippen MR) is 90.0 cm³/mol. The normalized spacial score (nSPS) is 22.3. The van der Waals surface area contributed by atoms with Crippen LogP contribution in [0, 0.1) is 0 Å². The highest BCUT2D eigenvalue weighted by molar-refractivity contribution is 6.32. The summed E-state index contributed by atoms with van der Waals surface area (Å²) < 4.78 is 7.60. The number of hydrogen-bond donors (Lipinski definition) is 0. The van der Waals surface area contributed by atoms with Gasteiger partial charge in [0.1, 0.15) is 16.9 Å². The lowest BCUT2D eigenvalue weighted by atomic mass is 10.2. The van der Waals surface area contributed by atoms with Crippen LogP contribution in [0.3, 0.4) is 0 Å². The van der Waals surface area contributed by atoms with Crippen molar-refractivity contribution in [1.82, 2.24) is 19.3 Å². The van der Waals surface area contributed by atoms with E-state index in [9.17, 15) is 4.79 Å². The van der Waals surface area contributed by atoms with Crippen molar-refractivity contribution in [3.05, 3.63) is 29.6 Å². The van der Waals surface area contributed by atoms with Gasteiger partial charge in [-0.1, -0.05) is 11.6 Å². The minimum absolute atomic E-state index is 0.0460. The van der Waals surface area contributed by atoms with Crippen LogP contribution in [0.15, 0.2) is 18.6 Å². The van der Waals surface area contributed by atoms with E-state index in [0.29, 0.717) is 5.15 Å². The number of hydrogen-bond acceptors (Lipinski definition) is 4. The number of rotatable bonds is 1. The maximum Gasteiger partial charge on any atom is 0.411 e. The number of halogens is 1. The Labute approximate surface area is 145 Å². The van der Waals surface area contributed by atoms with Crippen LogP contribution in [0.1, 0.15) is 58.3 Å². The number of aromatic nitrogens is 3. The zero-order valence-electron chi connectivity index (χ0n) is 14.1. The number of likely N-dealkylation sites (tertiary alicyclic amines) is 1. The summed E-state index contributed by atoms with van der Waals surface area (Å²) in [5.74, 6) is 0.823. The molecule has 1 spiro atoms. The Morgan fingerprint density at radius 1 is 1.33 bits per heavy atom. The van der Waals surface area contributed by atoms with Crippen molar-refractivity contribution in [2.24, 2.45) is 0 Å². The van der Waals surface area contributed by atoms with E-state index in [2.05, 4.69) is 9.97 Å². The average molecular weight is 349 g/mol. The monoisotopic (exact) mass is 348 g/mol. The van der Waals surface area contributed by atoms with Crippen molar-refractivity contribution in [2.45, 2.75) is 63.6 Å². The minimum atomic E-state index is -0.512. The summed E-state index contributed by atoms with van der Waals surface area (Å²) in [5, 5.41) is 0.416. The Morgan fingerprint density at radius 2 is 2.08 bits per heavy atom. The third-order valence-electron chi connectivity index (χ3n) is 4.86. The maximum atomic E-state index is 12.9. The summed E-state index contributed by atoms with van der Waals surface area (Å²) in [6.07, 6.45) is 8.91. The first-order chi connectivity index (χ1) is 11.3. The molecule has 2 aliphatic rings. The summed E-state index contributed by atoms with van der Waals surface area (Å²) >= 11 is 6.15. The van der Waals surface area contributed by atoms with Gasteiger partial charge in [-0.2, -0.15) is 0 Å². The quantitative estimate of drug-likeness (QED) is 0.781. The largest absolute Gasteiger partial charge is 0.444 e. The van der Waals surface area contributed by atoms with Gasteiger partial charge < -0.3 is 4.74 Å². The molecule has 1 saturated carbocycles. The molecule has 24 heavy (non-hydrogen) atoms. The lowest BCUT2D eigenvalue weighted by Crippen LogP contribution is -2.42. The molecule has 1 aliphatic heterocycles. The SMILES string of the molecule is CC(C)(C)OC(=O)N1[C@H](c2ncc3c(Cl)nccn23)CCC12CC2. The van der Waals surface area contributed by atoms with Gasteiger partial charge in [0.15, 0.2) is 5.15 Å². The van der Waals surface area contributed by atoms with Gasteiger partial charge in [0.2, 0.25) is 0 Å². The Bertz CT molecular complexity index is 807. The van der Waals surface area contributed by atoms with E-state index in [1.165, 1.54) is 0 Å². The van der Waals surface area contributed by atoms with Crippen molar-refractivity contribution < 1.29 is 9.53 Å². The van der Waals surface area contributed by atoms with Gasteiger partial charge in [-0.3, -0.25) is 9.30 Å². The van der Waals surface area contributed by atoms with Crippen LogP contribution in [-0.4, -0.2) is 36.5 Å². The molecule has 0 aromatic carbocycles. The molecule has 0 N–H and O–H groups in total. The van der Waals surface area contributed by atoms with Crippen molar-refractivity contribution >= 4 is 23.2 Å². The van der Waals surface area contributed by atoms with Gasteiger partial charge in [0, 0.05) is 17.9 Å². The number of amides is 1. The molecule has 1 aliphatic carbocycles. The molecule has 0 bridgehead atoms. The number of fused-ring (bicyclic) bond motifs is 1. The standard InChI is InChI=1S/C17H21ClN4O2/c1-16(2,3)24-15(23)22-11(4-5-17(22)6-7-17)14-20-10-12-13(18)19-8-9-21(12)14/h8-11H,4-7H2,1-3H3/t11-/m0/s1. The molecule has 1 atom stereocenters. The zero-order valence-corrected chi connectivity index (χ0v) is 14.9. The van der Waals surface area contributed by atoms with E-state index in [-0.39, 0.29) is 17.7 Å². The molecule has 2 aromatic rings. The van der Waals surface area contributed by atoms with E-state index >= 15 is 0 Å². The molecule has 0 radical (unpaired) electrons. The number of imidazole rings is 1. The summed E-state index contributed by atoms with van der Waals surface area (Å²) in [6, 6.07) is -0.0942. The Morgan fingerprint density at radius 3 is 2.75 bits per heavy atom. The molecule has 6 nitrogen and oxygen atoms in total. The predicted octanol–water partition coefficient (Wildman–Crippen LogP) is 3.99. The highest BCUT2D eigenvalue weighted by Gasteiger charge is 2.58. The van der Waals surface area contributed by atoms with E-state index in [0.717, 1.165) is 37.0 Å². The fourth-order valence-corrected chi connectivity index (χ4v) is 3.86. The number of carbonyl (C=O) groups excluding carboxylic acids is 1. The van der Waals surface area contributed by atoms with Crippen LogP contribution >= 0.6 is 11.6 Å². The van der Waals surface area contributed by atoms with Gasteiger partial charge in [0.05, 0.1) is 12.2 Å². The van der Waals surface area contributed by atoms with Crippen LogP contribution in [0.2, 0.25) is 5.15 Å². The molecule has 128 valence electrons.